The Kier molecular flexibility index (Phi) is 8.45. The monoisotopic (exact) mass is 463 g/mol. The molecule has 0 fully saturated rings. The summed E-state index contributed by atoms with van der Waals surface area (Å²) in [4.78, 5) is 28.2. The molecule has 0 spiro atoms. The van der Waals surface area contributed by atoms with Crippen LogP contribution in [0.2, 0.25) is 0 Å². The van der Waals surface area contributed by atoms with Gasteiger partial charge in [-0.15, -0.1) is 0 Å². The maximum Gasteiger partial charge on any atom is 0.365 e. The lowest BCUT2D eigenvalue weighted by atomic mass is 10.1. The predicted molar refractivity (Wildman–Crippen MR) is 126 cm³/mol. The molecule has 0 saturated heterocycles. The van der Waals surface area contributed by atoms with Gasteiger partial charge in [-0.1, -0.05) is 17.3 Å². The maximum atomic E-state index is 12.4. The second kappa shape index (κ2) is 11.9. The summed E-state index contributed by atoms with van der Waals surface area (Å²) >= 11 is 0. The molecule has 9 heteroatoms. The zero-order chi connectivity index (χ0) is 24.3. The summed E-state index contributed by atoms with van der Waals surface area (Å²) in [5.41, 5.74) is 12.5. The Morgan fingerprint density at radius 1 is 0.794 bits per heavy atom. The summed E-state index contributed by atoms with van der Waals surface area (Å²) in [5.74, 6) is 0.657. The van der Waals surface area contributed by atoms with Crippen LogP contribution >= 0.6 is 0 Å². The molecule has 176 valence electrons. The Labute approximate surface area is 196 Å². The van der Waals surface area contributed by atoms with Crippen molar-refractivity contribution >= 4 is 17.7 Å². The lowest BCUT2D eigenvalue weighted by Gasteiger charge is -2.09. The van der Waals surface area contributed by atoms with E-state index in [2.05, 4.69) is 5.16 Å². The van der Waals surface area contributed by atoms with Gasteiger partial charge in [0.25, 0.3) is 5.91 Å². The van der Waals surface area contributed by atoms with Gasteiger partial charge in [-0.25, -0.2) is 4.79 Å². The van der Waals surface area contributed by atoms with Gasteiger partial charge in [0.05, 0.1) is 12.2 Å². The van der Waals surface area contributed by atoms with Gasteiger partial charge in [-0.2, -0.15) is 0 Å². The lowest BCUT2D eigenvalue weighted by Crippen LogP contribution is -2.20. The predicted octanol–water partition coefficient (Wildman–Crippen LogP) is 3.01. The number of hydrogen-bond donors (Lipinski definition) is 2. The first-order valence-electron chi connectivity index (χ1n) is 10.5. The summed E-state index contributed by atoms with van der Waals surface area (Å²) in [5, 5.41) is 3.71. The van der Waals surface area contributed by atoms with Crippen LogP contribution in [0.1, 0.15) is 28.4 Å². The van der Waals surface area contributed by atoms with Crippen molar-refractivity contribution in [2.45, 2.75) is 13.5 Å². The van der Waals surface area contributed by atoms with E-state index in [1.54, 1.807) is 42.5 Å². The topological polar surface area (TPSA) is 135 Å². The van der Waals surface area contributed by atoms with E-state index in [-0.39, 0.29) is 19.0 Å². The number of benzene rings is 3. The molecule has 0 unspecified atom stereocenters. The van der Waals surface area contributed by atoms with Gasteiger partial charge in [0.1, 0.15) is 23.9 Å². The molecule has 0 bridgehead atoms. The number of carbonyl (C=O) groups is 2. The fourth-order valence-electron chi connectivity index (χ4n) is 2.83. The average Bonchev–Trinajstić information content (AvgIpc) is 2.86. The van der Waals surface area contributed by atoms with E-state index in [0.717, 1.165) is 11.3 Å². The fourth-order valence-corrected chi connectivity index (χ4v) is 2.83. The van der Waals surface area contributed by atoms with Gasteiger partial charge in [0.2, 0.25) is 0 Å². The molecule has 0 saturated carbocycles. The molecule has 0 aliphatic carbocycles. The first-order chi connectivity index (χ1) is 16.4. The molecule has 4 N–H and O–H groups in total. The first kappa shape index (κ1) is 24.1. The molecule has 0 aliphatic rings. The van der Waals surface area contributed by atoms with Crippen LogP contribution in [0.25, 0.3) is 0 Å². The maximum absolute atomic E-state index is 12.4. The van der Waals surface area contributed by atoms with Crippen molar-refractivity contribution in [2.75, 3.05) is 13.2 Å². The number of hydrogen-bond acceptors (Lipinski definition) is 7. The molecule has 34 heavy (non-hydrogen) atoms. The molecule has 1 amide bonds. The largest absolute Gasteiger partial charge is 0.494 e. The van der Waals surface area contributed by atoms with Crippen LogP contribution in [-0.4, -0.2) is 30.9 Å². The van der Waals surface area contributed by atoms with E-state index in [0.29, 0.717) is 29.2 Å². The van der Waals surface area contributed by atoms with Gasteiger partial charge in [0, 0.05) is 5.56 Å². The second-order valence-corrected chi connectivity index (χ2v) is 7.03. The smallest absolute Gasteiger partial charge is 0.365 e. The van der Waals surface area contributed by atoms with Crippen LogP contribution in [0.15, 0.2) is 78.0 Å². The van der Waals surface area contributed by atoms with Crippen molar-refractivity contribution in [3.05, 3.63) is 89.5 Å². The number of rotatable bonds is 11. The molecule has 9 nitrogen and oxygen atoms in total. The number of nitrogens with zero attached hydrogens (tertiary/aromatic N) is 1. The molecule has 3 aromatic rings. The third kappa shape index (κ3) is 7.27. The van der Waals surface area contributed by atoms with Crippen LogP contribution in [0, 0.1) is 0 Å². The number of primary amides is 1. The first-order valence-corrected chi connectivity index (χ1v) is 10.5. The van der Waals surface area contributed by atoms with Crippen LogP contribution in [0.3, 0.4) is 0 Å². The van der Waals surface area contributed by atoms with Gasteiger partial charge < -0.3 is 30.5 Å². The Balaban J connectivity index is 1.55. The summed E-state index contributed by atoms with van der Waals surface area (Å²) in [6, 6.07) is 20.5. The standard InChI is InChI=1S/C25H25N3O6/c1-2-31-20-10-12-22(13-11-20)32-15-17-4-3-5-19(14-17)25(30)34-28-24(27)18-6-8-21(9-7-18)33-16-23(26)29/h3-14H,2,15-16H2,1H3,(H2,26,29)(H2,27,28). The van der Waals surface area contributed by atoms with Crippen molar-refractivity contribution in [2.24, 2.45) is 16.6 Å². The summed E-state index contributed by atoms with van der Waals surface area (Å²) in [6.07, 6.45) is 0. The summed E-state index contributed by atoms with van der Waals surface area (Å²) < 4.78 is 16.4. The molecule has 0 aromatic heterocycles. The Morgan fingerprint density at radius 3 is 2.06 bits per heavy atom. The highest BCUT2D eigenvalue weighted by Crippen LogP contribution is 2.19. The van der Waals surface area contributed by atoms with Gasteiger partial charge >= 0.3 is 5.97 Å². The summed E-state index contributed by atoms with van der Waals surface area (Å²) in [7, 11) is 0. The van der Waals surface area contributed by atoms with E-state index in [1.807, 2.05) is 37.3 Å². The quantitative estimate of drug-likeness (QED) is 0.193. The average molecular weight is 463 g/mol. The van der Waals surface area contributed by atoms with Gasteiger partial charge in [-0.05, 0) is 73.2 Å². The van der Waals surface area contributed by atoms with Crippen molar-refractivity contribution in [1.29, 1.82) is 0 Å². The number of nitrogens with two attached hydrogens (primary N) is 2. The molecular weight excluding hydrogens is 438 g/mol. The number of oxime groups is 1. The molecule has 0 radical (unpaired) electrons. The fraction of sp³-hybridized carbons (Fsp3) is 0.160. The normalized spacial score (nSPS) is 10.9. The Morgan fingerprint density at radius 2 is 1.41 bits per heavy atom. The zero-order valence-electron chi connectivity index (χ0n) is 18.6. The minimum absolute atomic E-state index is 0.00443. The van der Waals surface area contributed by atoms with Crippen LogP contribution in [-0.2, 0) is 16.2 Å². The van der Waals surface area contributed by atoms with Crippen molar-refractivity contribution < 1.29 is 28.6 Å². The van der Waals surface area contributed by atoms with Crippen molar-refractivity contribution in [1.82, 2.24) is 0 Å². The number of carbonyl (C=O) groups excluding carboxylic acids is 2. The second-order valence-electron chi connectivity index (χ2n) is 7.03. The molecule has 0 aliphatic heterocycles. The third-order valence-corrected chi connectivity index (χ3v) is 4.46. The van der Waals surface area contributed by atoms with E-state index in [1.165, 1.54) is 0 Å². The summed E-state index contributed by atoms with van der Waals surface area (Å²) in [6.45, 7) is 2.55. The van der Waals surface area contributed by atoms with Crippen LogP contribution in [0.5, 0.6) is 17.2 Å². The molecule has 3 aromatic carbocycles. The minimum Gasteiger partial charge on any atom is -0.494 e. The van der Waals surface area contributed by atoms with E-state index in [4.69, 9.17) is 30.5 Å². The molecule has 0 heterocycles. The van der Waals surface area contributed by atoms with Gasteiger partial charge in [0.15, 0.2) is 12.4 Å². The SMILES string of the molecule is CCOc1ccc(OCc2cccc(C(=O)O/N=C(\N)c3ccc(OCC(N)=O)cc3)c2)cc1. The van der Waals surface area contributed by atoms with Gasteiger partial charge in [-0.3, -0.25) is 4.79 Å². The highest BCUT2D eigenvalue weighted by atomic mass is 16.7. The zero-order valence-corrected chi connectivity index (χ0v) is 18.6. The molecule has 3 rings (SSSR count). The number of ether oxygens (including phenoxy) is 3. The van der Waals surface area contributed by atoms with E-state index in [9.17, 15) is 9.59 Å². The number of amides is 1. The van der Waals surface area contributed by atoms with Crippen LogP contribution in [0.4, 0.5) is 0 Å². The van der Waals surface area contributed by atoms with Crippen LogP contribution < -0.4 is 25.7 Å². The Hall–Kier alpha value is -4.53. The highest BCUT2D eigenvalue weighted by molar-refractivity contribution is 5.98. The van der Waals surface area contributed by atoms with E-state index < -0.39 is 11.9 Å². The highest BCUT2D eigenvalue weighted by Gasteiger charge is 2.10. The Bertz CT molecular complexity index is 1140. The third-order valence-electron chi connectivity index (χ3n) is 4.46. The lowest BCUT2D eigenvalue weighted by molar-refractivity contribution is -0.119. The van der Waals surface area contributed by atoms with Crippen molar-refractivity contribution in [3.63, 3.8) is 0 Å². The number of amidine groups is 1. The molecule has 0 atom stereocenters. The van der Waals surface area contributed by atoms with E-state index >= 15 is 0 Å². The minimum atomic E-state index is -0.660. The molecular formula is C25H25N3O6. The van der Waals surface area contributed by atoms with Crippen molar-refractivity contribution in [3.8, 4) is 17.2 Å².